The maximum Gasteiger partial charge on any atom is 0.311 e. The number of halogens is 1. The van der Waals surface area contributed by atoms with E-state index in [4.69, 9.17) is 9.47 Å². The van der Waals surface area contributed by atoms with Crippen molar-refractivity contribution in [3.8, 4) is 5.75 Å². The van der Waals surface area contributed by atoms with Gasteiger partial charge >= 0.3 is 11.7 Å². The molecule has 2 aromatic heterocycles. The number of nitrogens with one attached hydrogen (secondary N) is 1. The molecule has 0 saturated carbocycles. The molecule has 0 aliphatic carbocycles. The third-order valence-electron chi connectivity index (χ3n) is 3.75. The summed E-state index contributed by atoms with van der Waals surface area (Å²) in [5.74, 6) is -1.91. The number of carbonyl (C=O) groups excluding carboxylic acids is 2. The van der Waals surface area contributed by atoms with Crippen LogP contribution in [0.3, 0.4) is 0 Å². The van der Waals surface area contributed by atoms with Crippen molar-refractivity contribution in [2.24, 2.45) is 0 Å². The number of anilines is 1. The number of ether oxygens (including phenoxy) is 2. The summed E-state index contributed by atoms with van der Waals surface area (Å²) in [5.41, 5.74) is 0.114. The van der Waals surface area contributed by atoms with Crippen LogP contribution in [-0.4, -0.2) is 38.2 Å². The summed E-state index contributed by atoms with van der Waals surface area (Å²) in [6.07, 6.45) is 1.42. The number of carbonyl (C=O) groups is 2. The Kier molecular flexibility index (Phi) is 6.87. The summed E-state index contributed by atoms with van der Waals surface area (Å²) < 4.78 is 24.7. The quantitative estimate of drug-likeness (QED) is 0.299. The van der Waals surface area contributed by atoms with Crippen LogP contribution in [0.2, 0.25) is 0 Å². The zero-order valence-corrected chi connectivity index (χ0v) is 16.9. The highest BCUT2D eigenvalue weighted by Crippen LogP contribution is 2.27. The van der Waals surface area contributed by atoms with Crippen LogP contribution in [0.15, 0.2) is 35.8 Å². The van der Waals surface area contributed by atoms with Gasteiger partial charge in [0, 0.05) is 23.7 Å². The molecule has 0 aliphatic heterocycles. The fourth-order valence-corrected chi connectivity index (χ4v) is 3.12. The maximum absolute atomic E-state index is 13.4. The topological polar surface area (TPSA) is 138 Å². The van der Waals surface area contributed by atoms with E-state index < -0.39 is 28.3 Å². The van der Waals surface area contributed by atoms with Crippen LogP contribution in [0.1, 0.15) is 23.1 Å². The summed E-state index contributed by atoms with van der Waals surface area (Å²) in [6, 6.07) is 4.26. The number of nitro benzene ring substituents is 1. The van der Waals surface area contributed by atoms with E-state index in [2.05, 4.69) is 15.4 Å². The first-order valence-corrected chi connectivity index (χ1v) is 9.75. The van der Waals surface area contributed by atoms with Crippen LogP contribution < -0.4 is 10.1 Å². The van der Waals surface area contributed by atoms with Gasteiger partial charge in [-0.05, 0) is 19.1 Å². The highest BCUT2D eigenvalue weighted by atomic mass is 32.1. The highest BCUT2D eigenvalue weighted by molar-refractivity contribution is 7.14. The Bertz CT molecular complexity index is 1110. The van der Waals surface area contributed by atoms with Crippen LogP contribution in [0.4, 0.5) is 15.2 Å². The van der Waals surface area contributed by atoms with Crippen molar-refractivity contribution >= 4 is 34.0 Å². The van der Waals surface area contributed by atoms with Gasteiger partial charge < -0.3 is 9.47 Å². The van der Waals surface area contributed by atoms with Crippen LogP contribution in [0.5, 0.6) is 5.75 Å². The van der Waals surface area contributed by atoms with E-state index in [1.54, 1.807) is 12.3 Å². The molecule has 162 valence electrons. The van der Waals surface area contributed by atoms with Gasteiger partial charge in [-0.3, -0.25) is 25.0 Å². The second kappa shape index (κ2) is 9.75. The molecule has 1 amide bonds. The van der Waals surface area contributed by atoms with E-state index in [9.17, 15) is 24.1 Å². The van der Waals surface area contributed by atoms with Gasteiger partial charge in [-0.2, -0.15) is 5.10 Å². The summed E-state index contributed by atoms with van der Waals surface area (Å²) in [5, 5.41) is 19.5. The third kappa shape index (κ3) is 5.82. The minimum absolute atomic E-state index is 0.00159. The summed E-state index contributed by atoms with van der Waals surface area (Å²) in [6.45, 7) is 1.69. The molecule has 0 spiro atoms. The number of hydrogen-bond acceptors (Lipinski definition) is 9. The van der Waals surface area contributed by atoms with Crippen molar-refractivity contribution in [3.63, 3.8) is 0 Å². The Morgan fingerprint density at radius 1 is 1.35 bits per heavy atom. The van der Waals surface area contributed by atoms with E-state index in [-0.39, 0.29) is 36.3 Å². The zero-order chi connectivity index (χ0) is 22.4. The maximum atomic E-state index is 13.4. The third-order valence-corrected chi connectivity index (χ3v) is 4.55. The van der Waals surface area contributed by atoms with Crippen molar-refractivity contribution in [2.45, 2.75) is 20.1 Å². The molecule has 1 aromatic carbocycles. The number of amides is 1. The largest absolute Gasteiger partial charge is 0.466 e. The fraction of sp³-hybridized carbons (Fsp3) is 0.222. The van der Waals surface area contributed by atoms with Crippen LogP contribution >= 0.6 is 11.3 Å². The van der Waals surface area contributed by atoms with Gasteiger partial charge in [0.2, 0.25) is 5.75 Å². The molecule has 1 N–H and O–H groups in total. The van der Waals surface area contributed by atoms with Crippen molar-refractivity contribution in [1.29, 1.82) is 0 Å². The number of rotatable bonds is 9. The zero-order valence-electron chi connectivity index (χ0n) is 16.1. The first kappa shape index (κ1) is 21.8. The minimum atomic E-state index is -0.693. The standard InChI is InChI=1S/C18H16FN5O6S/c1-2-29-16(25)8-12-9-31-18(20-12)21-17(26)13-5-6-23(22-13)10-30-15-7-11(19)3-4-14(15)24(27)28/h3-7,9H,2,8,10H2,1H3,(H,20,21,26). The van der Waals surface area contributed by atoms with E-state index in [0.29, 0.717) is 5.69 Å². The lowest BCUT2D eigenvalue weighted by Gasteiger charge is -2.06. The van der Waals surface area contributed by atoms with E-state index in [1.165, 1.54) is 16.9 Å². The van der Waals surface area contributed by atoms with Gasteiger partial charge in [0.05, 0.1) is 23.6 Å². The number of nitro groups is 1. The fourth-order valence-electron chi connectivity index (χ4n) is 2.41. The Balaban J connectivity index is 1.59. The average Bonchev–Trinajstić information content (AvgIpc) is 3.36. The molecule has 13 heteroatoms. The van der Waals surface area contributed by atoms with Crippen LogP contribution in [-0.2, 0) is 22.7 Å². The monoisotopic (exact) mass is 449 g/mol. The summed E-state index contributed by atoms with van der Waals surface area (Å²) in [4.78, 5) is 38.3. The van der Waals surface area contributed by atoms with Crippen molar-refractivity contribution in [1.82, 2.24) is 14.8 Å². The molecule has 0 radical (unpaired) electrons. The molecular formula is C18H16FN5O6S. The molecule has 11 nitrogen and oxygen atoms in total. The van der Waals surface area contributed by atoms with Crippen molar-refractivity contribution < 1.29 is 28.4 Å². The second-order valence-electron chi connectivity index (χ2n) is 5.96. The lowest BCUT2D eigenvalue weighted by molar-refractivity contribution is -0.386. The van der Waals surface area contributed by atoms with E-state index >= 15 is 0 Å². The summed E-state index contributed by atoms with van der Waals surface area (Å²) >= 11 is 1.14. The van der Waals surface area contributed by atoms with Gasteiger partial charge in [0.1, 0.15) is 5.82 Å². The molecule has 0 bridgehead atoms. The van der Waals surface area contributed by atoms with Crippen molar-refractivity contribution in [2.75, 3.05) is 11.9 Å². The Morgan fingerprint density at radius 2 is 2.16 bits per heavy atom. The number of thiazole rings is 1. The molecule has 0 fully saturated rings. The molecule has 3 aromatic rings. The first-order chi connectivity index (χ1) is 14.9. The Hall–Kier alpha value is -3.87. The van der Waals surface area contributed by atoms with Gasteiger partial charge in [0.15, 0.2) is 17.6 Å². The van der Waals surface area contributed by atoms with E-state index in [0.717, 1.165) is 29.5 Å². The molecule has 3 rings (SSSR count). The molecule has 2 heterocycles. The Labute approximate surface area is 178 Å². The normalized spacial score (nSPS) is 10.5. The Morgan fingerprint density at radius 3 is 2.90 bits per heavy atom. The van der Waals surface area contributed by atoms with Crippen LogP contribution in [0.25, 0.3) is 0 Å². The highest BCUT2D eigenvalue weighted by Gasteiger charge is 2.17. The number of aromatic nitrogens is 3. The van der Waals surface area contributed by atoms with Crippen LogP contribution in [0, 0.1) is 15.9 Å². The predicted molar refractivity (Wildman–Crippen MR) is 106 cm³/mol. The molecule has 0 aliphatic rings. The minimum Gasteiger partial charge on any atom is -0.466 e. The summed E-state index contributed by atoms with van der Waals surface area (Å²) in [7, 11) is 0. The average molecular weight is 449 g/mol. The van der Waals surface area contributed by atoms with Gasteiger partial charge in [-0.1, -0.05) is 0 Å². The van der Waals surface area contributed by atoms with Crippen molar-refractivity contribution in [3.05, 3.63) is 63.2 Å². The molecular weight excluding hydrogens is 433 g/mol. The molecule has 31 heavy (non-hydrogen) atoms. The molecule has 0 atom stereocenters. The molecule has 0 saturated heterocycles. The van der Waals surface area contributed by atoms with Gasteiger partial charge in [-0.25, -0.2) is 14.1 Å². The lowest BCUT2D eigenvalue weighted by atomic mass is 10.3. The van der Waals surface area contributed by atoms with Gasteiger partial charge in [0.25, 0.3) is 5.91 Å². The van der Waals surface area contributed by atoms with Gasteiger partial charge in [-0.15, -0.1) is 11.3 Å². The first-order valence-electron chi connectivity index (χ1n) is 8.87. The molecule has 0 unspecified atom stereocenters. The SMILES string of the molecule is CCOC(=O)Cc1csc(NC(=O)c2ccn(COc3cc(F)ccc3[N+](=O)[O-])n2)n1. The predicted octanol–water partition coefficient (Wildman–Crippen LogP) is 2.78. The lowest BCUT2D eigenvalue weighted by Crippen LogP contribution is -2.14. The number of hydrogen-bond donors (Lipinski definition) is 1. The number of esters is 1. The smallest absolute Gasteiger partial charge is 0.311 e. The number of benzene rings is 1. The second-order valence-corrected chi connectivity index (χ2v) is 6.82. The number of nitrogens with zero attached hydrogens (tertiary/aromatic N) is 4. The van der Waals surface area contributed by atoms with E-state index in [1.807, 2.05) is 0 Å².